The molecule has 2 N–H and O–H groups in total. The maximum absolute atomic E-state index is 11.2. The van der Waals surface area contributed by atoms with Crippen LogP contribution in [-0.2, 0) is 24.5 Å². The summed E-state index contributed by atoms with van der Waals surface area (Å²) in [5.41, 5.74) is 0. The SMILES string of the molecule is CC(C(=O)O)(N1C(=O)CCC1=O)S(=O)(=O)O.CCN=C=NCCCN(C)C.Cl. The second-order valence-electron chi connectivity index (χ2n) is 6.00. The normalized spacial score (nSPS) is 15.7. The molecule has 0 aromatic rings. The van der Waals surface area contributed by atoms with Crippen LogP contribution >= 0.6 is 12.4 Å². The lowest BCUT2D eigenvalue weighted by Gasteiger charge is -2.29. The number of imide groups is 1. The summed E-state index contributed by atoms with van der Waals surface area (Å²) in [6.07, 6.45) is 0.549. The van der Waals surface area contributed by atoms with Crippen molar-refractivity contribution in [1.29, 1.82) is 0 Å². The van der Waals surface area contributed by atoms with Crippen LogP contribution in [0.1, 0.15) is 33.1 Å². The summed E-state index contributed by atoms with van der Waals surface area (Å²) in [4.78, 5) is 40.5. The first-order chi connectivity index (χ1) is 12.4. The van der Waals surface area contributed by atoms with Gasteiger partial charge in [0.25, 0.3) is 4.87 Å². The molecular formula is C15H27ClN4O7S. The largest absolute Gasteiger partial charge is 0.479 e. The van der Waals surface area contributed by atoms with E-state index in [1.165, 1.54) is 0 Å². The van der Waals surface area contributed by atoms with Crippen molar-refractivity contribution in [3.63, 3.8) is 0 Å². The fraction of sp³-hybridized carbons (Fsp3) is 0.733. The fourth-order valence-electron chi connectivity index (χ4n) is 2.01. The predicted molar refractivity (Wildman–Crippen MR) is 104 cm³/mol. The van der Waals surface area contributed by atoms with Crippen molar-refractivity contribution in [2.75, 3.05) is 33.7 Å². The summed E-state index contributed by atoms with van der Waals surface area (Å²) in [5, 5.41) is 8.78. The second kappa shape index (κ2) is 12.6. The first-order valence-electron chi connectivity index (χ1n) is 8.18. The van der Waals surface area contributed by atoms with Crippen molar-refractivity contribution in [3.05, 3.63) is 0 Å². The summed E-state index contributed by atoms with van der Waals surface area (Å²) in [6.45, 7) is 5.25. The van der Waals surface area contributed by atoms with E-state index in [0.717, 1.165) is 26.1 Å². The molecule has 1 aliphatic heterocycles. The van der Waals surface area contributed by atoms with Gasteiger partial charge in [-0.25, -0.2) is 19.7 Å². The van der Waals surface area contributed by atoms with Crippen LogP contribution in [0, 0.1) is 0 Å². The number of hydrogen-bond donors (Lipinski definition) is 2. The van der Waals surface area contributed by atoms with Crippen LogP contribution in [0.5, 0.6) is 0 Å². The standard InChI is InChI=1S/C8H17N3.C7H9NO7S.ClH/c1-4-9-8-10-6-5-7-11(2)3;1-7(6(11)12,16(13,14)15)8-4(9)2-3-5(8)10;/h4-7H2,1-3H3;2-3H2,1H3,(H,11,12)(H,13,14,15);1H. The highest BCUT2D eigenvalue weighted by atomic mass is 35.5. The van der Waals surface area contributed by atoms with E-state index >= 15 is 0 Å². The molecule has 1 heterocycles. The molecule has 0 bridgehead atoms. The number of nitrogens with zero attached hydrogens (tertiary/aromatic N) is 4. The number of aliphatic carboxylic acids is 1. The van der Waals surface area contributed by atoms with Crippen LogP contribution in [0.15, 0.2) is 9.98 Å². The zero-order valence-electron chi connectivity index (χ0n) is 16.3. The Kier molecular flexibility index (Phi) is 12.7. The van der Waals surface area contributed by atoms with Gasteiger partial charge in [0.1, 0.15) is 0 Å². The Balaban J connectivity index is 0. The van der Waals surface area contributed by atoms with Crippen molar-refractivity contribution >= 4 is 46.3 Å². The van der Waals surface area contributed by atoms with Gasteiger partial charge in [0.2, 0.25) is 11.8 Å². The smallest absolute Gasteiger partial charge is 0.348 e. The molecule has 1 aliphatic rings. The molecule has 162 valence electrons. The number of carboxylic acid groups (broad SMARTS) is 1. The molecule has 13 heteroatoms. The number of halogens is 1. The molecule has 11 nitrogen and oxygen atoms in total. The van der Waals surface area contributed by atoms with Crippen LogP contribution in [0.2, 0.25) is 0 Å². The monoisotopic (exact) mass is 442 g/mol. The van der Waals surface area contributed by atoms with Gasteiger partial charge < -0.3 is 10.0 Å². The average molecular weight is 443 g/mol. The van der Waals surface area contributed by atoms with E-state index in [2.05, 4.69) is 35.0 Å². The van der Waals surface area contributed by atoms with Crippen LogP contribution in [-0.4, -0.2) is 90.3 Å². The molecule has 0 aromatic heterocycles. The van der Waals surface area contributed by atoms with Gasteiger partial charge in [0.05, 0.1) is 12.6 Å². The lowest BCUT2D eigenvalue weighted by Crippen LogP contribution is -2.59. The summed E-state index contributed by atoms with van der Waals surface area (Å²) >= 11 is 0. The Morgan fingerprint density at radius 3 is 2.11 bits per heavy atom. The molecule has 1 atom stereocenters. The van der Waals surface area contributed by atoms with E-state index in [-0.39, 0.29) is 30.1 Å². The number of hydrogen-bond acceptors (Lipinski definition) is 8. The van der Waals surface area contributed by atoms with Crippen molar-refractivity contribution in [2.45, 2.75) is 38.0 Å². The molecule has 0 saturated carbocycles. The van der Waals surface area contributed by atoms with Crippen molar-refractivity contribution in [2.24, 2.45) is 9.98 Å². The van der Waals surface area contributed by atoms with Crippen LogP contribution in [0.4, 0.5) is 0 Å². The molecule has 28 heavy (non-hydrogen) atoms. The van der Waals surface area contributed by atoms with Gasteiger partial charge >= 0.3 is 16.1 Å². The molecule has 2 amide bonds. The van der Waals surface area contributed by atoms with Gasteiger partial charge in [-0.3, -0.25) is 14.1 Å². The van der Waals surface area contributed by atoms with Crippen molar-refractivity contribution in [3.8, 4) is 0 Å². The molecule has 1 saturated heterocycles. The number of aliphatic imine (C=N–C) groups is 2. The highest BCUT2D eigenvalue weighted by molar-refractivity contribution is 7.88. The number of carboxylic acids is 1. The fourth-order valence-corrected chi connectivity index (χ4v) is 2.67. The summed E-state index contributed by atoms with van der Waals surface area (Å²) in [5.74, 6) is -3.86. The first kappa shape index (κ1) is 28.4. The highest BCUT2D eigenvalue weighted by Gasteiger charge is 2.57. The van der Waals surface area contributed by atoms with Gasteiger partial charge in [0, 0.05) is 19.4 Å². The Labute approximate surface area is 170 Å². The number of amides is 2. The molecule has 0 aliphatic carbocycles. The minimum absolute atomic E-state index is 0. The molecule has 1 fully saturated rings. The maximum atomic E-state index is 11.2. The second-order valence-corrected chi connectivity index (χ2v) is 7.74. The minimum Gasteiger partial charge on any atom is -0.479 e. The van der Waals surface area contributed by atoms with Crippen molar-refractivity contribution in [1.82, 2.24) is 9.80 Å². The van der Waals surface area contributed by atoms with Crippen molar-refractivity contribution < 1.29 is 32.5 Å². The zero-order valence-corrected chi connectivity index (χ0v) is 17.9. The van der Waals surface area contributed by atoms with E-state index in [0.29, 0.717) is 6.92 Å². The molecule has 1 unspecified atom stereocenters. The van der Waals surface area contributed by atoms with Gasteiger partial charge in [-0.05, 0) is 40.9 Å². The lowest BCUT2D eigenvalue weighted by atomic mass is 10.3. The van der Waals surface area contributed by atoms with Crippen LogP contribution in [0.25, 0.3) is 0 Å². The van der Waals surface area contributed by atoms with E-state index in [9.17, 15) is 22.8 Å². The minimum atomic E-state index is -5.13. The predicted octanol–water partition coefficient (Wildman–Crippen LogP) is 0.378. The van der Waals surface area contributed by atoms with Gasteiger partial charge in [-0.1, -0.05) is 0 Å². The number of rotatable bonds is 8. The van der Waals surface area contributed by atoms with Gasteiger partial charge in [0.15, 0.2) is 0 Å². The quantitative estimate of drug-likeness (QED) is 0.236. The molecule has 0 aromatic carbocycles. The third-order valence-corrected chi connectivity index (χ3v) is 4.91. The zero-order chi connectivity index (χ0) is 21.3. The Morgan fingerprint density at radius 2 is 1.75 bits per heavy atom. The Bertz CT molecular complexity index is 704. The molecular weight excluding hydrogens is 416 g/mol. The Morgan fingerprint density at radius 1 is 1.25 bits per heavy atom. The van der Waals surface area contributed by atoms with Gasteiger partial charge in [-0.15, -0.1) is 12.4 Å². The first-order valence-corrected chi connectivity index (χ1v) is 9.62. The van der Waals surface area contributed by atoms with E-state index in [1.807, 2.05) is 6.92 Å². The Hall–Kier alpha value is -1.85. The number of likely N-dealkylation sites (tertiary alicyclic amines) is 1. The summed E-state index contributed by atoms with van der Waals surface area (Å²) in [7, 11) is -1.01. The van der Waals surface area contributed by atoms with Gasteiger partial charge in [-0.2, -0.15) is 8.42 Å². The highest BCUT2D eigenvalue weighted by Crippen LogP contribution is 2.28. The van der Waals surface area contributed by atoms with Crippen LogP contribution in [0.3, 0.4) is 0 Å². The lowest BCUT2D eigenvalue weighted by molar-refractivity contribution is -0.156. The topological polar surface area (TPSA) is 157 Å². The molecule has 1 rings (SSSR count). The third-order valence-electron chi connectivity index (χ3n) is 3.55. The third kappa shape index (κ3) is 8.03. The van der Waals surface area contributed by atoms with E-state index < -0.39 is 32.8 Å². The average Bonchev–Trinajstić information content (AvgIpc) is 2.88. The maximum Gasteiger partial charge on any atom is 0.348 e. The van der Waals surface area contributed by atoms with E-state index in [4.69, 9.17) is 9.66 Å². The molecule has 0 spiro atoms. The number of carbonyl (C=O) groups excluding carboxylic acids is 2. The van der Waals surface area contributed by atoms with Crippen LogP contribution < -0.4 is 0 Å². The summed E-state index contributed by atoms with van der Waals surface area (Å²) < 4.78 is 30.9. The molecule has 0 radical (unpaired) electrons. The number of carbonyl (C=O) groups is 3. The van der Waals surface area contributed by atoms with E-state index in [1.54, 1.807) is 0 Å². The summed E-state index contributed by atoms with van der Waals surface area (Å²) in [6, 6.07) is 2.64.